The van der Waals surface area contributed by atoms with E-state index in [0.29, 0.717) is 12.1 Å². The molecule has 0 aromatic heterocycles. The van der Waals surface area contributed by atoms with Gasteiger partial charge in [0.25, 0.3) is 0 Å². The van der Waals surface area contributed by atoms with Gasteiger partial charge >= 0.3 is 0 Å². The summed E-state index contributed by atoms with van der Waals surface area (Å²) in [6.07, 6.45) is 2.37. The Bertz CT molecular complexity index is 380. The lowest BCUT2D eigenvalue weighted by Crippen LogP contribution is -2.68. The summed E-state index contributed by atoms with van der Waals surface area (Å²) in [6, 6.07) is 12.3. The van der Waals surface area contributed by atoms with E-state index in [9.17, 15) is 0 Å². The Morgan fingerprint density at radius 1 is 1.10 bits per heavy atom. The molecule has 0 spiro atoms. The molecule has 3 heteroatoms. The maximum absolute atomic E-state index is 5.69. The number of quaternary nitrogens is 1. The van der Waals surface area contributed by atoms with Crippen LogP contribution in [0.25, 0.3) is 0 Å². The summed E-state index contributed by atoms with van der Waals surface area (Å²) in [5.41, 5.74) is 7.15. The highest BCUT2D eigenvalue weighted by atomic mass is 15.4. The van der Waals surface area contributed by atoms with Gasteiger partial charge in [-0.3, -0.25) is 0 Å². The van der Waals surface area contributed by atoms with Gasteiger partial charge in [0.05, 0.1) is 18.6 Å². The number of hydrogen-bond acceptors (Lipinski definition) is 2. The second kappa shape index (κ2) is 7.21. The number of nitrogens with one attached hydrogen (secondary N) is 1. The minimum atomic E-state index is 0.664. The van der Waals surface area contributed by atoms with Gasteiger partial charge in [-0.2, -0.15) is 0 Å². The summed E-state index contributed by atoms with van der Waals surface area (Å²) in [4.78, 5) is 0. The molecule has 1 aromatic carbocycles. The zero-order chi connectivity index (χ0) is 14.4. The molecule has 1 aromatic rings. The van der Waals surface area contributed by atoms with Gasteiger partial charge in [0.15, 0.2) is 0 Å². The maximum atomic E-state index is 5.69. The molecule has 0 amide bonds. The highest BCUT2D eigenvalue weighted by molar-refractivity contribution is 5.13. The lowest BCUT2D eigenvalue weighted by molar-refractivity contribution is -0.984. The van der Waals surface area contributed by atoms with Crippen molar-refractivity contribution in [3.63, 3.8) is 0 Å². The van der Waals surface area contributed by atoms with E-state index in [-0.39, 0.29) is 0 Å². The molecule has 0 radical (unpaired) electrons. The van der Waals surface area contributed by atoms with E-state index in [4.69, 9.17) is 5.73 Å². The molecule has 112 valence electrons. The van der Waals surface area contributed by atoms with Gasteiger partial charge in [-0.1, -0.05) is 30.3 Å². The van der Waals surface area contributed by atoms with Crippen LogP contribution in [-0.4, -0.2) is 42.7 Å². The number of unbranched alkanes of at least 4 members (excludes halogenated alkanes) is 1. The summed E-state index contributed by atoms with van der Waals surface area (Å²) < 4.78 is 1.21. The van der Waals surface area contributed by atoms with Crippen molar-refractivity contribution in [1.29, 1.82) is 0 Å². The summed E-state index contributed by atoms with van der Waals surface area (Å²) in [6.45, 7) is 10.2. The third kappa shape index (κ3) is 3.40. The predicted molar refractivity (Wildman–Crippen MR) is 85.4 cm³/mol. The molecule has 1 heterocycles. The quantitative estimate of drug-likeness (QED) is 0.617. The molecule has 1 saturated heterocycles. The Labute approximate surface area is 123 Å². The number of rotatable bonds is 6. The van der Waals surface area contributed by atoms with Crippen LogP contribution in [-0.2, 0) is 6.54 Å². The van der Waals surface area contributed by atoms with Crippen LogP contribution in [0.4, 0.5) is 0 Å². The van der Waals surface area contributed by atoms with E-state index in [1.54, 1.807) is 0 Å². The molecule has 20 heavy (non-hydrogen) atoms. The molecular weight excluding hydrogens is 246 g/mol. The van der Waals surface area contributed by atoms with E-state index in [1.165, 1.54) is 23.0 Å². The van der Waals surface area contributed by atoms with Crippen LogP contribution in [0.3, 0.4) is 0 Å². The van der Waals surface area contributed by atoms with E-state index >= 15 is 0 Å². The molecule has 1 aliphatic rings. The second-order valence-electron chi connectivity index (χ2n) is 6.32. The first-order valence-electron chi connectivity index (χ1n) is 8.00. The largest absolute Gasteiger partial charge is 0.330 e. The normalized spacial score (nSPS) is 30.4. The van der Waals surface area contributed by atoms with E-state index in [0.717, 1.165) is 32.6 Å². The standard InChI is InChI=1S/C17H30N3/c1-15-12-19-13-16(2)20(15,11-7-6-10-18)14-17-8-4-3-5-9-17/h3-5,8-9,15-16,19H,6-7,10-14,18H2,1-2H3/q+1/t15-,16+,20?. The first-order valence-corrected chi connectivity index (χ1v) is 8.00. The van der Waals surface area contributed by atoms with E-state index in [1.807, 2.05) is 0 Å². The Morgan fingerprint density at radius 2 is 1.75 bits per heavy atom. The van der Waals surface area contributed by atoms with Gasteiger partial charge in [0, 0.05) is 18.7 Å². The highest BCUT2D eigenvalue weighted by Gasteiger charge is 2.41. The molecule has 0 saturated carbocycles. The van der Waals surface area contributed by atoms with Crippen molar-refractivity contribution in [1.82, 2.24) is 5.32 Å². The number of nitrogens with two attached hydrogens (primary N) is 1. The van der Waals surface area contributed by atoms with Gasteiger partial charge in [-0.15, -0.1) is 0 Å². The molecule has 0 bridgehead atoms. The minimum Gasteiger partial charge on any atom is -0.330 e. The topological polar surface area (TPSA) is 38.0 Å². The molecule has 2 rings (SSSR count). The van der Waals surface area contributed by atoms with Crippen LogP contribution in [0.2, 0.25) is 0 Å². The molecule has 3 nitrogen and oxygen atoms in total. The predicted octanol–water partition coefficient (Wildman–Crippen LogP) is 2.12. The smallest absolute Gasteiger partial charge is 0.105 e. The summed E-state index contributed by atoms with van der Waals surface area (Å²) >= 11 is 0. The van der Waals surface area contributed by atoms with Crippen LogP contribution in [0.15, 0.2) is 30.3 Å². The fourth-order valence-electron chi connectivity index (χ4n) is 3.60. The summed E-state index contributed by atoms with van der Waals surface area (Å²) in [5.74, 6) is 0. The zero-order valence-electron chi connectivity index (χ0n) is 13.0. The second-order valence-corrected chi connectivity index (χ2v) is 6.32. The number of benzene rings is 1. The van der Waals surface area contributed by atoms with Crippen molar-refractivity contribution in [3.05, 3.63) is 35.9 Å². The molecule has 1 aliphatic heterocycles. The molecule has 1 fully saturated rings. The summed E-state index contributed by atoms with van der Waals surface area (Å²) in [7, 11) is 0. The highest BCUT2D eigenvalue weighted by Crippen LogP contribution is 2.27. The van der Waals surface area contributed by atoms with Crippen LogP contribution >= 0.6 is 0 Å². The van der Waals surface area contributed by atoms with Gasteiger partial charge < -0.3 is 15.5 Å². The Morgan fingerprint density at radius 3 is 2.35 bits per heavy atom. The Balaban J connectivity index is 2.18. The van der Waals surface area contributed by atoms with E-state index < -0.39 is 0 Å². The van der Waals surface area contributed by atoms with Crippen molar-refractivity contribution in [2.24, 2.45) is 5.73 Å². The molecule has 3 atom stereocenters. The minimum absolute atomic E-state index is 0.664. The monoisotopic (exact) mass is 276 g/mol. The van der Waals surface area contributed by atoms with Gasteiger partial charge in [-0.05, 0) is 33.2 Å². The fraction of sp³-hybridized carbons (Fsp3) is 0.647. The average Bonchev–Trinajstić information content (AvgIpc) is 2.46. The molecular formula is C17H30N3+. The van der Waals surface area contributed by atoms with Gasteiger partial charge in [0.1, 0.15) is 6.54 Å². The fourth-order valence-corrected chi connectivity index (χ4v) is 3.60. The number of piperazine rings is 1. The van der Waals surface area contributed by atoms with Crippen LogP contribution < -0.4 is 11.1 Å². The van der Waals surface area contributed by atoms with Crippen molar-refractivity contribution < 1.29 is 4.48 Å². The Kier molecular flexibility index (Phi) is 5.58. The molecule has 1 unspecified atom stereocenters. The van der Waals surface area contributed by atoms with Crippen LogP contribution in [0.1, 0.15) is 32.3 Å². The molecule has 0 aliphatic carbocycles. The summed E-state index contributed by atoms with van der Waals surface area (Å²) in [5, 5.41) is 3.57. The van der Waals surface area contributed by atoms with Crippen LogP contribution in [0.5, 0.6) is 0 Å². The first kappa shape index (κ1) is 15.5. The number of hydrogen-bond donors (Lipinski definition) is 2. The first-order chi connectivity index (χ1) is 9.69. The zero-order valence-corrected chi connectivity index (χ0v) is 13.0. The average molecular weight is 276 g/mol. The van der Waals surface area contributed by atoms with Crippen molar-refractivity contribution in [2.45, 2.75) is 45.3 Å². The van der Waals surface area contributed by atoms with Crippen molar-refractivity contribution >= 4 is 0 Å². The lowest BCUT2D eigenvalue weighted by atomic mass is 10.00. The number of nitrogens with zero attached hydrogens (tertiary/aromatic N) is 1. The van der Waals surface area contributed by atoms with Gasteiger partial charge in [0.2, 0.25) is 0 Å². The van der Waals surface area contributed by atoms with Crippen LogP contribution in [0, 0.1) is 0 Å². The molecule has 3 N–H and O–H groups in total. The third-order valence-electron chi connectivity index (χ3n) is 4.98. The SMILES string of the molecule is C[C@@H]1CNC[C@H](C)[N+]1(CCCCN)Cc1ccccc1. The van der Waals surface area contributed by atoms with Crippen molar-refractivity contribution in [2.75, 3.05) is 26.2 Å². The van der Waals surface area contributed by atoms with Crippen molar-refractivity contribution in [3.8, 4) is 0 Å². The third-order valence-corrected chi connectivity index (χ3v) is 4.98. The maximum Gasteiger partial charge on any atom is 0.105 e. The van der Waals surface area contributed by atoms with Gasteiger partial charge in [-0.25, -0.2) is 0 Å². The van der Waals surface area contributed by atoms with E-state index in [2.05, 4.69) is 49.5 Å². The lowest BCUT2D eigenvalue weighted by Gasteiger charge is -2.51. The Hall–Kier alpha value is -0.900.